The van der Waals surface area contributed by atoms with E-state index in [-0.39, 0.29) is 22.4 Å². The number of hydrogen-bond acceptors (Lipinski definition) is 6. The molecule has 3 aromatic rings. The Morgan fingerprint density at radius 3 is 2.19 bits per heavy atom. The highest BCUT2D eigenvalue weighted by molar-refractivity contribution is 7.94. The molecule has 32 heavy (non-hydrogen) atoms. The second kappa shape index (κ2) is 10.1. The fourth-order valence-electron chi connectivity index (χ4n) is 2.66. The Bertz CT molecular complexity index is 1280. The number of thiophene rings is 1. The Hall–Kier alpha value is -2.99. The Kier molecular flexibility index (Phi) is 7.46. The minimum Gasteiger partial charge on any atom is -0.322 e. The zero-order valence-electron chi connectivity index (χ0n) is 16.8. The van der Waals surface area contributed by atoms with Crippen LogP contribution >= 0.6 is 11.3 Å². The SMILES string of the molecule is C=CCNS(=O)(=O)Cc1ccc(NC(=O)c2ccc(NS(=O)(=O)c3cccs3)cc2)cc1. The number of carbonyl (C=O) groups is 1. The fraction of sp³-hybridized carbons (Fsp3) is 0.0952. The number of hydrogen-bond donors (Lipinski definition) is 3. The van der Waals surface area contributed by atoms with Crippen LogP contribution in [0.3, 0.4) is 0 Å². The van der Waals surface area contributed by atoms with Crippen molar-refractivity contribution in [2.45, 2.75) is 9.96 Å². The quantitative estimate of drug-likeness (QED) is 0.375. The molecule has 0 saturated carbocycles. The maximum atomic E-state index is 12.5. The predicted octanol–water partition coefficient (Wildman–Crippen LogP) is 3.41. The summed E-state index contributed by atoms with van der Waals surface area (Å²) >= 11 is 1.11. The van der Waals surface area contributed by atoms with E-state index in [1.165, 1.54) is 36.4 Å². The maximum absolute atomic E-state index is 12.5. The standard InChI is InChI=1S/C21H21N3O5S3/c1-2-13-22-31(26,27)15-16-5-9-18(10-6-16)23-21(25)17-7-11-19(12-8-17)24-32(28,29)20-4-3-14-30-20/h2-12,14,22,24H,1,13,15H2,(H,23,25). The van der Waals surface area contributed by atoms with Crippen LogP contribution in [0.4, 0.5) is 11.4 Å². The number of benzene rings is 2. The summed E-state index contributed by atoms with van der Waals surface area (Å²) in [5, 5.41) is 4.39. The van der Waals surface area contributed by atoms with Gasteiger partial charge in [-0.05, 0) is 53.4 Å². The van der Waals surface area contributed by atoms with E-state index in [1.807, 2.05) is 0 Å². The molecule has 2 aromatic carbocycles. The molecule has 0 unspecified atom stereocenters. The lowest BCUT2D eigenvalue weighted by Gasteiger charge is -2.09. The third-order valence-electron chi connectivity index (χ3n) is 4.18. The van der Waals surface area contributed by atoms with Gasteiger partial charge in [-0.15, -0.1) is 17.9 Å². The van der Waals surface area contributed by atoms with Crippen molar-refractivity contribution in [3.8, 4) is 0 Å². The summed E-state index contributed by atoms with van der Waals surface area (Å²) in [7, 11) is -7.12. The molecule has 0 aliphatic carbocycles. The van der Waals surface area contributed by atoms with E-state index in [4.69, 9.17) is 0 Å². The number of anilines is 2. The summed E-state index contributed by atoms with van der Waals surface area (Å²) < 4.78 is 53.4. The van der Waals surface area contributed by atoms with Crippen LogP contribution in [0, 0.1) is 0 Å². The molecule has 0 radical (unpaired) electrons. The normalized spacial score (nSPS) is 11.6. The van der Waals surface area contributed by atoms with E-state index in [0.29, 0.717) is 22.5 Å². The fourth-order valence-corrected chi connectivity index (χ4v) is 5.81. The van der Waals surface area contributed by atoms with Gasteiger partial charge in [0, 0.05) is 23.5 Å². The Morgan fingerprint density at radius 1 is 0.938 bits per heavy atom. The molecule has 0 aliphatic rings. The smallest absolute Gasteiger partial charge is 0.271 e. The van der Waals surface area contributed by atoms with Crippen molar-refractivity contribution in [3.05, 3.63) is 89.8 Å². The van der Waals surface area contributed by atoms with E-state index in [9.17, 15) is 21.6 Å². The highest BCUT2D eigenvalue weighted by atomic mass is 32.2. The summed E-state index contributed by atoms with van der Waals surface area (Å²) in [4.78, 5) is 12.5. The van der Waals surface area contributed by atoms with Crippen molar-refractivity contribution in [1.29, 1.82) is 0 Å². The third kappa shape index (κ3) is 6.50. The summed E-state index contributed by atoms with van der Waals surface area (Å²) in [6.07, 6.45) is 1.46. The molecule has 0 bridgehead atoms. The molecule has 0 fully saturated rings. The van der Waals surface area contributed by atoms with Crippen molar-refractivity contribution in [3.63, 3.8) is 0 Å². The minimum atomic E-state index is -3.66. The van der Waals surface area contributed by atoms with Crippen LogP contribution in [-0.2, 0) is 25.8 Å². The maximum Gasteiger partial charge on any atom is 0.271 e. The molecule has 168 valence electrons. The summed E-state index contributed by atoms with van der Waals surface area (Å²) in [5.41, 5.74) is 1.74. The molecular weight excluding hydrogens is 470 g/mol. The lowest BCUT2D eigenvalue weighted by molar-refractivity contribution is 0.102. The lowest BCUT2D eigenvalue weighted by Crippen LogP contribution is -2.25. The van der Waals surface area contributed by atoms with Crippen LogP contribution in [-0.4, -0.2) is 29.3 Å². The topological polar surface area (TPSA) is 121 Å². The number of nitrogens with one attached hydrogen (secondary N) is 3. The zero-order valence-corrected chi connectivity index (χ0v) is 19.3. The van der Waals surface area contributed by atoms with Gasteiger partial charge in [-0.1, -0.05) is 24.3 Å². The van der Waals surface area contributed by atoms with Gasteiger partial charge in [-0.2, -0.15) is 0 Å². The molecule has 1 amide bonds. The number of amides is 1. The third-order valence-corrected chi connectivity index (χ3v) is 8.27. The van der Waals surface area contributed by atoms with Gasteiger partial charge in [-0.25, -0.2) is 21.6 Å². The van der Waals surface area contributed by atoms with Gasteiger partial charge >= 0.3 is 0 Å². The van der Waals surface area contributed by atoms with Crippen LogP contribution in [0.25, 0.3) is 0 Å². The van der Waals surface area contributed by atoms with E-state index < -0.39 is 20.0 Å². The van der Waals surface area contributed by atoms with E-state index in [1.54, 1.807) is 35.7 Å². The molecule has 11 heteroatoms. The van der Waals surface area contributed by atoms with Gasteiger partial charge in [0.15, 0.2) is 0 Å². The number of rotatable bonds is 10. The van der Waals surface area contributed by atoms with Gasteiger partial charge in [0.2, 0.25) is 10.0 Å². The highest BCUT2D eigenvalue weighted by Crippen LogP contribution is 2.21. The molecule has 0 aliphatic heterocycles. The summed E-state index contributed by atoms with van der Waals surface area (Å²) in [6, 6.07) is 15.6. The first kappa shape index (κ1) is 23.7. The molecule has 1 heterocycles. The second-order valence-corrected chi connectivity index (χ2v) is 11.3. The van der Waals surface area contributed by atoms with E-state index in [2.05, 4.69) is 21.3 Å². The van der Waals surface area contributed by atoms with Gasteiger partial charge < -0.3 is 5.32 Å². The van der Waals surface area contributed by atoms with Crippen LogP contribution in [0.1, 0.15) is 15.9 Å². The number of carbonyl (C=O) groups excluding carboxylic acids is 1. The molecule has 8 nitrogen and oxygen atoms in total. The van der Waals surface area contributed by atoms with Crippen molar-refractivity contribution >= 4 is 48.7 Å². The first-order chi connectivity index (χ1) is 15.2. The molecule has 0 atom stereocenters. The van der Waals surface area contributed by atoms with Crippen LogP contribution < -0.4 is 14.8 Å². The largest absolute Gasteiger partial charge is 0.322 e. The molecule has 0 spiro atoms. The highest BCUT2D eigenvalue weighted by Gasteiger charge is 2.15. The molecular formula is C21H21N3O5S3. The average Bonchev–Trinajstić information content (AvgIpc) is 3.30. The van der Waals surface area contributed by atoms with Crippen molar-refractivity contribution in [1.82, 2.24) is 4.72 Å². The first-order valence-electron chi connectivity index (χ1n) is 9.33. The van der Waals surface area contributed by atoms with Gasteiger partial charge in [0.25, 0.3) is 15.9 Å². The van der Waals surface area contributed by atoms with Crippen molar-refractivity contribution in [2.75, 3.05) is 16.6 Å². The Balaban J connectivity index is 1.60. The van der Waals surface area contributed by atoms with Gasteiger partial charge in [0.05, 0.1) is 5.75 Å². The van der Waals surface area contributed by atoms with Crippen molar-refractivity contribution < 1.29 is 21.6 Å². The van der Waals surface area contributed by atoms with Gasteiger partial charge in [-0.3, -0.25) is 9.52 Å². The molecule has 3 N–H and O–H groups in total. The summed E-state index contributed by atoms with van der Waals surface area (Å²) in [5.74, 6) is -0.566. The van der Waals surface area contributed by atoms with Crippen LogP contribution in [0.2, 0.25) is 0 Å². The summed E-state index contributed by atoms with van der Waals surface area (Å²) in [6.45, 7) is 3.63. The van der Waals surface area contributed by atoms with Crippen LogP contribution in [0.15, 0.2) is 82.9 Å². The Labute approximate surface area is 191 Å². The minimum absolute atomic E-state index is 0.157. The van der Waals surface area contributed by atoms with Crippen LogP contribution in [0.5, 0.6) is 0 Å². The predicted molar refractivity (Wildman–Crippen MR) is 127 cm³/mol. The second-order valence-electron chi connectivity index (χ2n) is 6.66. The molecule has 0 saturated heterocycles. The monoisotopic (exact) mass is 491 g/mol. The van der Waals surface area contributed by atoms with Crippen molar-refractivity contribution in [2.24, 2.45) is 0 Å². The van der Waals surface area contributed by atoms with E-state index in [0.717, 1.165) is 11.3 Å². The average molecular weight is 492 g/mol. The molecule has 1 aromatic heterocycles. The van der Waals surface area contributed by atoms with E-state index >= 15 is 0 Å². The zero-order chi connectivity index (χ0) is 23.2. The van der Waals surface area contributed by atoms with Gasteiger partial charge in [0.1, 0.15) is 4.21 Å². The molecule has 3 rings (SSSR count). The first-order valence-corrected chi connectivity index (χ1v) is 13.3. The number of sulfonamides is 2. The Morgan fingerprint density at radius 2 is 1.59 bits per heavy atom. The lowest BCUT2D eigenvalue weighted by atomic mass is 10.2.